The van der Waals surface area contributed by atoms with Crippen molar-refractivity contribution in [3.05, 3.63) is 35.4 Å². The van der Waals surface area contributed by atoms with Gasteiger partial charge in [0.05, 0.1) is 6.54 Å². The van der Waals surface area contributed by atoms with Crippen molar-refractivity contribution in [1.29, 1.82) is 0 Å². The fourth-order valence-electron chi connectivity index (χ4n) is 4.08. The van der Waals surface area contributed by atoms with Crippen molar-refractivity contribution >= 4 is 12.0 Å². The average Bonchev–Trinajstić information content (AvgIpc) is 2.61. The van der Waals surface area contributed by atoms with E-state index in [0.717, 1.165) is 30.4 Å². The molecule has 0 saturated heterocycles. The summed E-state index contributed by atoms with van der Waals surface area (Å²) in [6.07, 6.45) is 4.65. The fraction of sp³-hybridized carbons (Fsp3) is 0.636. The number of carbonyl (C=O) groups excluding carboxylic acids is 2. The van der Waals surface area contributed by atoms with E-state index in [1.54, 1.807) is 4.90 Å². The minimum atomic E-state index is -0.590. The quantitative estimate of drug-likeness (QED) is 0.852. The van der Waals surface area contributed by atoms with Crippen LogP contribution in [0.4, 0.5) is 4.79 Å². The highest BCUT2D eigenvalue weighted by Gasteiger charge is 2.38. The summed E-state index contributed by atoms with van der Waals surface area (Å²) in [5, 5.41) is 3.23. The third-order valence-corrected chi connectivity index (χ3v) is 5.62. The monoisotopic (exact) mass is 372 g/mol. The Labute approximate surface area is 162 Å². The van der Waals surface area contributed by atoms with Gasteiger partial charge in [-0.15, -0.1) is 0 Å². The molecule has 0 spiro atoms. The maximum absolute atomic E-state index is 13.1. The highest BCUT2D eigenvalue weighted by molar-refractivity contribution is 5.87. The molecule has 1 heterocycles. The number of hydrogen-bond donors (Lipinski definition) is 1. The van der Waals surface area contributed by atoms with Crippen LogP contribution in [0.2, 0.25) is 0 Å². The Morgan fingerprint density at radius 3 is 2.44 bits per heavy atom. The first-order valence-electron chi connectivity index (χ1n) is 10.1. The minimum absolute atomic E-state index is 0.0610. The van der Waals surface area contributed by atoms with E-state index in [9.17, 15) is 9.59 Å². The molecule has 1 aromatic carbocycles. The number of hydrogen-bond acceptors (Lipinski definition) is 3. The first kappa shape index (κ1) is 19.7. The third kappa shape index (κ3) is 4.82. The van der Waals surface area contributed by atoms with Gasteiger partial charge in [-0.05, 0) is 50.7 Å². The Morgan fingerprint density at radius 2 is 1.78 bits per heavy atom. The fourth-order valence-corrected chi connectivity index (χ4v) is 4.08. The van der Waals surface area contributed by atoms with E-state index in [1.807, 2.05) is 45.0 Å². The second-order valence-corrected chi connectivity index (χ2v) is 8.97. The molecule has 1 fully saturated rings. The summed E-state index contributed by atoms with van der Waals surface area (Å²) < 4.78 is 5.59. The molecule has 2 amide bonds. The lowest BCUT2D eigenvalue weighted by atomic mass is 9.85. The van der Waals surface area contributed by atoms with Gasteiger partial charge in [-0.25, -0.2) is 4.79 Å². The number of ether oxygens (including phenoxy) is 1. The van der Waals surface area contributed by atoms with Crippen LogP contribution >= 0.6 is 0 Å². The van der Waals surface area contributed by atoms with Gasteiger partial charge in [0.15, 0.2) is 0 Å². The van der Waals surface area contributed by atoms with Gasteiger partial charge in [0.1, 0.15) is 11.6 Å². The van der Waals surface area contributed by atoms with Crippen LogP contribution in [0.3, 0.4) is 0 Å². The molecule has 1 saturated carbocycles. The molecular weight excluding hydrogens is 340 g/mol. The molecule has 3 rings (SSSR count). The molecule has 1 aromatic rings. The summed E-state index contributed by atoms with van der Waals surface area (Å²) in [5.41, 5.74) is 1.63. The summed E-state index contributed by atoms with van der Waals surface area (Å²) in [6.45, 7) is 8.15. The van der Waals surface area contributed by atoms with Gasteiger partial charge in [0, 0.05) is 12.5 Å². The van der Waals surface area contributed by atoms with E-state index in [1.165, 1.54) is 6.42 Å². The van der Waals surface area contributed by atoms with Crippen LogP contribution in [-0.2, 0) is 22.5 Å². The van der Waals surface area contributed by atoms with Crippen molar-refractivity contribution in [3.8, 4) is 0 Å². The molecule has 0 unspecified atom stereocenters. The molecule has 5 nitrogen and oxygen atoms in total. The van der Waals surface area contributed by atoms with Crippen LogP contribution in [0.15, 0.2) is 24.3 Å². The lowest BCUT2D eigenvalue weighted by Gasteiger charge is -2.38. The zero-order valence-electron chi connectivity index (χ0n) is 17.0. The van der Waals surface area contributed by atoms with Crippen LogP contribution in [0.5, 0.6) is 0 Å². The molecule has 5 heteroatoms. The van der Waals surface area contributed by atoms with Gasteiger partial charge < -0.3 is 10.1 Å². The van der Waals surface area contributed by atoms with Gasteiger partial charge in [0.25, 0.3) is 0 Å². The molecule has 27 heavy (non-hydrogen) atoms. The molecule has 3 atom stereocenters. The topological polar surface area (TPSA) is 58.6 Å². The lowest BCUT2D eigenvalue weighted by molar-refractivity contribution is -0.128. The van der Waals surface area contributed by atoms with Gasteiger partial charge in [-0.2, -0.15) is 0 Å². The maximum Gasteiger partial charge on any atom is 0.411 e. The van der Waals surface area contributed by atoms with Crippen LogP contribution in [0.25, 0.3) is 0 Å². The molecule has 0 aromatic heterocycles. The first-order chi connectivity index (χ1) is 12.7. The summed E-state index contributed by atoms with van der Waals surface area (Å²) in [4.78, 5) is 27.6. The van der Waals surface area contributed by atoms with Crippen molar-refractivity contribution in [3.63, 3.8) is 0 Å². The predicted molar refractivity (Wildman–Crippen MR) is 105 cm³/mol. The second-order valence-electron chi connectivity index (χ2n) is 8.97. The predicted octanol–water partition coefficient (Wildman–Crippen LogP) is 4.04. The van der Waals surface area contributed by atoms with Crippen molar-refractivity contribution in [2.24, 2.45) is 5.92 Å². The summed E-state index contributed by atoms with van der Waals surface area (Å²) in [5.74, 6) is 0.419. The van der Waals surface area contributed by atoms with Crippen molar-refractivity contribution in [1.82, 2.24) is 10.2 Å². The van der Waals surface area contributed by atoms with Gasteiger partial charge in [0.2, 0.25) is 5.91 Å². The van der Waals surface area contributed by atoms with E-state index in [0.29, 0.717) is 18.9 Å². The number of nitrogens with zero attached hydrogens (tertiary/aromatic N) is 1. The average molecular weight is 373 g/mol. The van der Waals surface area contributed by atoms with E-state index in [-0.39, 0.29) is 11.9 Å². The summed E-state index contributed by atoms with van der Waals surface area (Å²) >= 11 is 0. The molecule has 0 radical (unpaired) electrons. The van der Waals surface area contributed by atoms with Crippen molar-refractivity contribution in [2.45, 2.75) is 84.0 Å². The molecule has 2 aliphatic rings. The van der Waals surface area contributed by atoms with E-state index in [2.05, 4.69) is 12.2 Å². The number of fused-ring (bicyclic) bond motifs is 1. The molecule has 0 bridgehead atoms. The zero-order chi connectivity index (χ0) is 19.6. The molecule has 148 valence electrons. The largest absolute Gasteiger partial charge is 0.444 e. The highest BCUT2D eigenvalue weighted by atomic mass is 16.6. The normalized spacial score (nSPS) is 25.5. The standard InChI is InChI=1S/C22H32N2O3/c1-15-9-5-8-12-18(15)23-20(25)19-13-16-10-6-7-11-17(16)14-24(19)21(26)27-22(2,3)4/h6-7,10-11,15,18-19H,5,8-9,12-14H2,1-4H3,(H,23,25)/t15-,18-,19+/m1/s1. The number of rotatable bonds is 2. The smallest absolute Gasteiger partial charge is 0.411 e. The van der Waals surface area contributed by atoms with Crippen LogP contribution in [0, 0.1) is 5.92 Å². The van der Waals surface area contributed by atoms with E-state index in [4.69, 9.17) is 4.74 Å². The Hall–Kier alpha value is -2.04. The zero-order valence-corrected chi connectivity index (χ0v) is 17.0. The molecular formula is C22H32N2O3. The Kier molecular flexibility index (Phi) is 5.78. The number of amides is 2. The maximum atomic E-state index is 13.1. The van der Waals surface area contributed by atoms with Gasteiger partial charge in [-0.3, -0.25) is 9.69 Å². The number of nitrogens with one attached hydrogen (secondary N) is 1. The highest BCUT2D eigenvalue weighted by Crippen LogP contribution is 2.27. The van der Waals surface area contributed by atoms with Crippen LogP contribution in [-0.4, -0.2) is 34.6 Å². The second kappa shape index (κ2) is 7.91. The Morgan fingerprint density at radius 1 is 1.11 bits per heavy atom. The lowest BCUT2D eigenvalue weighted by Crippen LogP contribution is -2.56. The van der Waals surface area contributed by atoms with Crippen LogP contribution < -0.4 is 5.32 Å². The Balaban J connectivity index is 1.80. The Bertz CT molecular complexity index is 695. The number of carbonyl (C=O) groups is 2. The molecule has 1 aliphatic carbocycles. The van der Waals surface area contributed by atoms with E-state index >= 15 is 0 Å². The van der Waals surface area contributed by atoms with Crippen LogP contribution in [0.1, 0.15) is 64.5 Å². The van der Waals surface area contributed by atoms with Crippen molar-refractivity contribution < 1.29 is 14.3 Å². The van der Waals surface area contributed by atoms with Crippen molar-refractivity contribution in [2.75, 3.05) is 0 Å². The van der Waals surface area contributed by atoms with E-state index < -0.39 is 17.7 Å². The minimum Gasteiger partial charge on any atom is -0.444 e. The first-order valence-corrected chi connectivity index (χ1v) is 10.1. The molecule has 1 aliphatic heterocycles. The third-order valence-electron chi connectivity index (χ3n) is 5.62. The summed E-state index contributed by atoms with van der Waals surface area (Å²) in [7, 11) is 0. The molecule has 1 N–H and O–H groups in total. The van der Waals surface area contributed by atoms with Gasteiger partial charge in [-0.1, -0.05) is 44.0 Å². The summed E-state index contributed by atoms with van der Waals surface area (Å²) in [6, 6.07) is 7.69. The van der Waals surface area contributed by atoms with Gasteiger partial charge >= 0.3 is 6.09 Å². The number of benzene rings is 1. The SMILES string of the molecule is C[C@@H]1CCCC[C@H]1NC(=O)[C@@H]1Cc2ccccc2CN1C(=O)OC(C)(C)C.